The number of aromatic nitrogens is 1. The van der Waals surface area contributed by atoms with E-state index in [9.17, 15) is 4.79 Å². The fourth-order valence-electron chi connectivity index (χ4n) is 2.31. The number of hydrogen-bond acceptors (Lipinski definition) is 5. The quantitative estimate of drug-likeness (QED) is 0.741. The smallest absolute Gasteiger partial charge is 0.243 e. The third kappa shape index (κ3) is 3.83. The number of nitrogens with one attached hydrogen (secondary N) is 1. The lowest BCUT2D eigenvalue weighted by molar-refractivity contribution is -0.114. The van der Waals surface area contributed by atoms with Gasteiger partial charge in [-0.25, -0.2) is 4.98 Å². The number of hydrogen-bond donors (Lipinski definition) is 1. The van der Waals surface area contributed by atoms with E-state index >= 15 is 0 Å². The van der Waals surface area contributed by atoms with Crippen LogP contribution in [0.5, 0.6) is 5.75 Å². The average molecular weight is 341 g/mol. The van der Waals surface area contributed by atoms with Gasteiger partial charge in [0, 0.05) is 12.7 Å². The maximum Gasteiger partial charge on any atom is 0.243 e. The van der Waals surface area contributed by atoms with E-state index in [4.69, 9.17) is 4.74 Å². The summed E-state index contributed by atoms with van der Waals surface area (Å²) in [7, 11) is 1.87. The van der Waals surface area contributed by atoms with Gasteiger partial charge in [0.1, 0.15) is 5.75 Å². The number of ether oxygens (including phenoxy) is 1. The van der Waals surface area contributed by atoms with E-state index in [1.807, 2.05) is 67.4 Å². The molecule has 0 atom stereocenters. The van der Waals surface area contributed by atoms with Crippen molar-refractivity contribution in [3.63, 3.8) is 0 Å². The molecule has 1 amide bonds. The SMILES string of the molecule is CCOc1ccc(NC(=O)CN(C)c2nc3ccccc3s2)cc1. The lowest BCUT2D eigenvalue weighted by Gasteiger charge is -2.15. The van der Waals surface area contributed by atoms with Crippen molar-refractivity contribution >= 4 is 38.3 Å². The van der Waals surface area contributed by atoms with E-state index < -0.39 is 0 Å². The number of carbonyl (C=O) groups is 1. The molecule has 0 bridgehead atoms. The molecule has 5 nitrogen and oxygen atoms in total. The minimum Gasteiger partial charge on any atom is -0.494 e. The number of nitrogens with zero attached hydrogens (tertiary/aromatic N) is 2. The second-order valence-electron chi connectivity index (χ2n) is 5.33. The topological polar surface area (TPSA) is 54.5 Å². The van der Waals surface area contributed by atoms with Gasteiger partial charge in [0.25, 0.3) is 0 Å². The lowest BCUT2D eigenvalue weighted by Crippen LogP contribution is -2.29. The highest BCUT2D eigenvalue weighted by atomic mass is 32.1. The Morgan fingerprint density at radius 1 is 1.21 bits per heavy atom. The zero-order chi connectivity index (χ0) is 16.9. The van der Waals surface area contributed by atoms with Crippen LogP contribution in [0.4, 0.5) is 10.8 Å². The highest BCUT2D eigenvalue weighted by Crippen LogP contribution is 2.27. The van der Waals surface area contributed by atoms with Crippen LogP contribution in [0.3, 0.4) is 0 Å². The Kier molecular flexibility index (Phi) is 4.96. The van der Waals surface area contributed by atoms with Crippen LogP contribution in [-0.2, 0) is 4.79 Å². The Morgan fingerprint density at radius 2 is 1.96 bits per heavy atom. The molecule has 0 aliphatic heterocycles. The van der Waals surface area contributed by atoms with E-state index in [0.29, 0.717) is 6.61 Å². The normalized spacial score (nSPS) is 10.6. The molecule has 2 aromatic carbocycles. The Bertz CT molecular complexity index is 797. The third-order valence-electron chi connectivity index (χ3n) is 3.44. The maximum atomic E-state index is 12.2. The molecule has 124 valence electrons. The fraction of sp³-hybridized carbons (Fsp3) is 0.222. The molecule has 6 heteroatoms. The third-order valence-corrected chi connectivity index (χ3v) is 4.59. The van der Waals surface area contributed by atoms with Gasteiger partial charge >= 0.3 is 0 Å². The van der Waals surface area contributed by atoms with Crippen LogP contribution in [0.1, 0.15) is 6.92 Å². The summed E-state index contributed by atoms with van der Waals surface area (Å²) in [6.45, 7) is 2.80. The van der Waals surface area contributed by atoms with Crippen LogP contribution < -0.4 is 15.0 Å². The van der Waals surface area contributed by atoms with Gasteiger partial charge in [0.15, 0.2) is 5.13 Å². The molecule has 1 heterocycles. The van der Waals surface area contributed by atoms with Crippen molar-refractivity contribution in [3.05, 3.63) is 48.5 Å². The molecule has 1 aromatic heterocycles. The molecule has 0 aliphatic rings. The Labute approximate surface area is 144 Å². The van der Waals surface area contributed by atoms with E-state index in [1.54, 1.807) is 11.3 Å². The molecule has 0 unspecified atom stereocenters. The van der Waals surface area contributed by atoms with Gasteiger partial charge in [-0.2, -0.15) is 0 Å². The Balaban J connectivity index is 1.61. The van der Waals surface area contributed by atoms with Gasteiger partial charge in [0.2, 0.25) is 5.91 Å². The second-order valence-corrected chi connectivity index (χ2v) is 6.33. The molecule has 1 N–H and O–H groups in total. The number of anilines is 2. The van der Waals surface area contributed by atoms with Crippen LogP contribution in [0, 0.1) is 0 Å². The molecule has 24 heavy (non-hydrogen) atoms. The van der Waals surface area contributed by atoms with Crippen molar-refractivity contribution in [2.75, 3.05) is 30.4 Å². The summed E-state index contributed by atoms with van der Waals surface area (Å²) in [5.41, 5.74) is 1.71. The van der Waals surface area contributed by atoms with Crippen molar-refractivity contribution in [2.45, 2.75) is 6.92 Å². The Morgan fingerprint density at radius 3 is 2.67 bits per heavy atom. The monoisotopic (exact) mass is 341 g/mol. The van der Waals surface area contributed by atoms with Crippen LogP contribution >= 0.6 is 11.3 Å². The van der Waals surface area contributed by atoms with Crippen LogP contribution in [0.15, 0.2) is 48.5 Å². The van der Waals surface area contributed by atoms with Gasteiger partial charge in [-0.1, -0.05) is 23.5 Å². The number of thiazole rings is 1. The maximum absolute atomic E-state index is 12.2. The second kappa shape index (κ2) is 7.31. The van der Waals surface area contributed by atoms with Crippen molar-refractivity contribution in [1.29, 1.82) is 0 Å². The zero-order valence-electron chi connectivity index (χ0n) is 13.7. The van der Waals surface area contributed by atoms with Gasteiger partial charge in [-0.3, -0.25) is 4.79 Å². The number of rotatable bonds is 6. The van der Waals surface area contributed by atoms with Gasteiger partial charge in [-0.15, -0.1) is 0 Å². The first-order valence-electron chi connectivity index (χ1n) is 7.75. The average Bonchev–Trinajstić information content (AvgIpc) is 3.01. The number of para-hydroxylation sites is 1. The number of likely N-dealkylation sites (N-methyl/N-ethyl adjacent to an activating group) is 1. The predicted molar refractivity (Wildman–Crippen MR) is 99.1 cm³/mol. The van der Waals surface area contributed by atoms with Gasteiger partial charge < -0.3 is 15.0 Å². The van der Waals surface area contributed by atoms with E-state index in [1.165, 1.54) is 0 Å². The number of amides is 1. The number of fused-ring (bicyclic) bond motifs is 1. The first-order valence-corrected chi connectivity index (χ1v) is 8.57. The van der Waals surface area contributed by atoms with Crippen molar-refractivity contribution in [2.24, 2.45) is 0 Å². The fourth-order valence-corrected chi connectivity index (χ4v) is 3.23. The first kappa shape index (κ1) is 16.3. The van der Waals surface area contributed by atoms with E-state index in [-0.39, 0.29) is 12.5 Å². The molecule has 0 radical (unpaired) electrons. The largest absolute Gasteiger partial charge is 0.494 e. The highest BCUT2D eigenvalue weighted by Gasteiger charge is 2.12. The van der Waals surface area contributed by atoms with Crippen molar-refractivity contribution < 1.29 is 9.53 Å². The summed E-state index contributed by atoms with van der Waals surface area (Å²) >= 11 is 1.58. The molecule has 0 aliphatic carbocycles. The summed E-state index contributed by atoms with van der Waals surface area (Å²) in [6.07, 6.45) is 0. The van der Waals surface area contributed by atoms with Crippen molar-refractivity contribution in [3.8, 4) is 5.75 Å². The summed E-state index contributed by atoms with van der Waals surface area (Å²) in [5.74, 6) is 0.711. The predicted octanol–water partition coefficient (Wildman–Crippen LogP) is 3.77. The zero-order valence-corrected chi connectivity index (χ0v) is 14.5. The van der Waals surface area contributed by atoms with Crippen LogP contribution in [-0.4, -0.2) is 31.1 Å². The standard InChI is InChI=1S/C18H19N3O2S/c1-3-23-14-10-8-13(9-11-14)19-17(22)12-21(2)18-20-15-6-4-5-7-16(15)24-18/h4-11H,3,12H2,1-2H3,(H,19,22). The summed E-state index contributed by atoms with van der Waals surface area (Å²) in [5, 5.41) is 3.72. The summed E-state index contributed by atoms with van der Waals surface area (Å²) in [6, 6.07) is 15.3. The minimum atomic E-state index is -0.0825. The molecule has 0 spiro atoms. The highest BCUT2D eigenvalue weighted by molar-refractivity contribution is 7.22. The molecule has 0 saturated carbocycles. The molecular formula is C18H19N3O2S. The van der Waals surface area contributed by atoms with Crippen molar-refractivity contribution in [1.82, 2.24) is 4.98 Å². The van der Waals surface area contributed by atoms with Crippen LogP contribution in [0.25, 0.3) is 10.2 Å². The van der Waals surface area contributed by atoms with Gasteiger partial charge in [-0.05, 0) is 43.3 Å². The van der Waals surface area contributed by atoms with E-state index in [0.717, 1.165) is 26.8 Å². The van der Waals surface area contributed by atoms with Gasteiger partial charge in [0.05, 0.1) is 23.4 Å². The Hall–Kier alpha value is -2.60. The summed E-state index contributed by atoms with van der Waals surface area (Å²) in [4.78, 5) is 18.6. The molecule has 3 rings (SSSR count). The number of carbonyl (C=O) groups excluding carboxylic acids is 1. The first-order chi connectivity index (χ1) is 11.7. The molecular weight excluding hydrogens is 322 g/mol. The number of benzene rings is 2. The lowest BCUT2D eigenvalue weighted by atomic mass is 10.3. The molecule has 3 aromatic rings. The summed E-state index contributed by atoms with van der Waals surface area (Å²) < 4.78 is 6.51. The minimum absolute atomic E-state index is 0.0825. The van der Waals surface area contributed by atoms with E-state index in [2.05, 4.69) is 10.3 Å². The van der Waals surface area contributed by atoms with Crippen LogP contribution in [0.2, 0.25) is 0 Å². The molecule has 0 fully saturated rings. The molecule has 0 saturated heterocycles.